The summed E-state index contributed by atoms with van der Waals surface area (Å²) in [5.74, 6) is -2.50. The van der Waals surface area contributed by atoms with Crippen LogP contribution in [0.3, 0.4) is 0 Å². The number of rotatable bonds is 17. The highest BCUT2D eigenvalue weighted by molar-refractivity contribution is 7.80. The second-order valence-corrected chi connectivity index (χ2v) is 16.7. The number of hydroxylamine groups is 2. The van der Waals surface area contributed by atoms with Crippen molar-refractivity contribution >= 4 is 56.7 Å². The summed E-state index contributed by atoms with van der Waals surface area (Å²) in [4.78, 5) is 62.0. The highest BCUT2D eigenvalue weighted by Crippen LogP contribution is 2.41. The highest BCUT2D eigenvalue weighted by atomic mass is 32.3. The van der Waals surface area contributed by atoms with E-state index in [2.05, 4.69) is 30.5 Å². The zero-order chi connectivity index (χ0) is 43.3. The Hall–Kier alpha value is -5.17. The van der Waals surface area contributed by atoms with Crippen molar-refractivity contribution in [1.82, 2.24) is 20.3 Å². The first-order valence-electron chi connectivity index (χ1n) is 18.4. The number of hydrogen-bond acceptors (Lipinski definition) is 19. The van der Waals surface area contributed by atoms with Gasteiger partial charge < -0.3 is 51.0 Å². The van der Waals surface area contributed by atoms with Crippen molar-refractivity contribution in [3.8, 4) is 16.9 Å². The molecule has 0 unspecified atom stereocenters. The first-order chi connectivity index (χ1) is 27.8. The monoisotopic (exact) mass is 861 g/mol. The molecule has 23 heteroatoms. The summed E-state index contributed by atoms with van der Waals surface area (Å²) in [6.45, 7) is 6.36. The van der Waals surface area contributed by atoms with E-state index < -0.39 is 75.9 Å². The molecule has 4 atom stereocenters. The minimum absolute atomic E-state index is 0.0335. The number of oxime groups is 1. The largest absolute Gasteiger partial charge is 0.724 e. The molecular weight excluding hydrogens is 817 g/mol. The van der Waals surface area contributed by atoms with Gasteiger partial charge >= 0.3 is 5.97 Å². The number of aromatic nitrogens is 3. The number of aryl methyl sites for hydroxylation is 2. The van der Waals surface area contributed by atoms with E-state index in [0.29, 0.717) is 36.0 Å². The van der Waals surface area contributed by atoms with Crippen LogP contribution in [-0.4, -0.2) is 111 Å². The molecule has 2 aromatic heterocycles. The molecule has 1 aromatic carbocycles. The third-order valence-corrected chi connectivity index (χ3v) is 11.4. The Morgan fingerprint density at radius 2 is 2.02 bits per heavy atom. The lowest BCUT2D eigenvalue weighted by Crippen LogP contribution is -2.68. The van der Waals surface area contributed by atoms with Gasteiger partial charge in [0, 0.05) is 43.8 Å². The van der Waals surface area contributed by atoms with Gasteiger partial charge in [0.1, 0.15) is 17.6 Å². The molecule has 6 rings (SSSR count). The van der Waals surface area contributed by atoms with Crippen LogP contribution in [-0.2, 0) is 58.1 Å². The van der Waals surface area contributed by atoms with Crippen LogP contribution in [0.25, 0.3) is 11.1 Å². The van der Waals surface area contributed by atoms with E-state index in [1.165, 1.54) is 26.2 Å². The number of aliphatic hydroxyl groups excluding tert-OH is 1. The van der Waals surface area contributed by atoms with E-state index >= 15 is 0 Å². The molecule has 5 heterocycles. The van der Waals surface area contributed by atoms with Crippen molar-refractivity contribution in [1.29, 1.82) is 0 Å². The number of amides is 1. The molecule has 3 aliphatic heterocycles. The maximum atomic E-state index is 13.7. The summed E-state index contributed by atoms with van der Waals surface area (Å²) in [5.41, 5.74) is 10.1. The van der Waals surface area contributed by atoms with Gasteiger partial charge in [0.2, 0.25) is 10.4 Å². The smallest absolute Gasteiger partial charge is 0.354 e. The molecule has 0 bridgehead atoms. The molecule has 0 aliphatic carbocycles. The van der Waals surface area contributed by atoms with Crippen LogP contribution >= 0.6 is 11.3 Å². The average molecular weight is 862 g/mol. The third-order valence-electron chi connectivity index (χ3n) is 10.4. The number of nitrogens with one attached hydrogen (secondary N) is 1. The Kier molecular flexibility index (Phi) is 14.0. The Bertz CT molecular complexity index is 2200. The summed E-state index contributed by atoms with van der Waals surface area (Å²) >= 11 is 0.986. The number of carboxylic acid groups (broad SMARTS) is 2. The number of Topliss-reactive ketones (excluding diaryl/α,β-unsaturated/α-hetero) is 1. The van der Waals surface area contributed by atoms with Gasteiger partial charge in [-0.05, 0) is 63.3 Å². The van der Waals surface area contributed by atoms with Crippen molar-refractivity contribution < 1.29 is 65.9 Å². The molecule has 2 saturated heterocycles. The predicted octanol–water partition coefficient (Wildman–Crippen LogP) is -1.54. The Morgan fingerprint density at radius 1 is 1.31 bits per heavy atom. The molecule has 59 heavy (non-hydrogen) atoms. The van der Waals surface area contributed by atoms with Crippen molar-refractivity contribution in [2.75, 3.05) is 25.4 Å². The number of ketones is 1. The van der Waals surface area contributed by atoms with E-state index in [9.17, 15) is 37.6 Å². The van der Waals surface area contributed by atoms with Crippen LogP contribution in [0.15, 0.2) is 41.1 Å². The number of aliphatic carboxylic acids is 1. The van der Waals surface area contributed by atoms with E-state index in [1.54, 1.807) is 12.3 Å². The number of aliphatic hydroxyl groups is 1. The fourth-order valence-electron chi connectivity index (χ4n) is 6.79. The lowest BCUT2D eigenvalue weighted by molar-refractivity contribution is -0.713. The average Bonchev–Trinajstić information content (AvgIpc) is 3.61. The standard InChI is InChI=1S/C35H44N8O11S2.CH2O2/c1-34(2)24(31(46)43(34)54-56(49,50)51)11-26(45)30(25-18-55-33(37)40-25)41-53-35(3,32(47)48)28-8-5-21-10-20(4-7-27(21)52-28)22-15-39-29(9-6-23(44)12-36)42(17-22)16-19-13-38-14-19;2-1-3/h4,7,10,15,17-19,23-24,28,38,44H,5-6,8-9,11-14,16,36H2,1-3H3,(H3-,37,40,47,48,49,50,51);1H,(H,2,3)/p-1/b41-30-;/t23-,24+,28+,35-;/m0./s1. The van der Waals surface area contributed by atoms with Gasteiger partial charge in [-0.2, -0.15) is 9.35 Å². The van der Waals surface area contributed by atoms with E-state index in [-0.39, 0.29) is 23.8 Å². The van der Waals surface area contributed by atoms with Gasteiger partial charge in [0.05, 0.1) is 36.1 Å². The van der Waals surface area contributed by atoms with Gasteiger partial charge in [-0.1, -0.05) is 16.2 Å². The number of anilines is 1. The second kappa shape index (κ2) is 18.4. The second-order valence-electron chi connectivity index (χ2n) is 14.9. The Balaban J connectivity index is 0.00000214. The first-order valence-corrected chi connectivity index (χ1v) is 20.6. The van der Waals surface area contributed by atoms with Gasteiger partial charge in [0.15, 0.2) is 28.9 Å². The molecule has 0 radical (unpaired) electrons. The fourth-order valence-corrected chi connectivity index (χ4v) is 7.79. The summed E-state index contributed by atoms with van der Waals surface area (Å²) < 4.78 is 46.0. The highest BCUT2D eigenvalue weighted by Gasteiger charge is 2.57. The number of carboxylic acids is 1. The van der Waals surface area contributed by atoms with Crippen LogP contribution in [0.4, 0.5) is 5.13 Å². The topological polar surface area (TPSA) is 326 Å². The molecule has 21 nitrogen and oxygen atoms in total. The van der Waals surface area contributed by atoms with Crippen LogP contribution < -0.4 is 31.2 Å². The molecule has 0 saturated carbocycles. The summed E-state index contributed by atoms with van der Waals surface area (Å²) in [5, 5.41) is 37.8. The van der Waals surface area contributed by atoms with Crippen LogP contribution in [0.2, 0.25) is 0 Å². The molecular formula is C36H45N8O13S2-. The third kappa shape index (κ3) is 10.4. The SMILES string of the molecule is CC1(C)[C@H](CC(=O)/C(=N\O[C@](C)(C(=O)O)[C@H]2CCc3cc(-c4cnc(CC[C@H](O)CN)[n+](CC5CNC5)c4)ccc3O2)c2csc(N)n2)C(=O)N1OS(=O)(=O)[O-].O=C[O-]. The number of thiazole rings is 1. The predicted molar refractivity (Wildman–Crippen MR) is 203 cm³/mol. The summed E-state index contributed by atoms with van der Waals surface area (Å²) in [7, 11) is -5.26. The zero-order valence-electron chi connectivity index (χ0n) is 32.3. The number of carbonyl (C=O) groups excluding carboxylic acids is 3. The number of hydrogen-bond donors (Lipinski definition) is 5. The van der Waals surface area contributed by atoms with Gasteiger partial charge in [-0.25, -0.2) is 22.8 Å². The summed E-state index contributed by atoms with van der Waals surface area (Å²) in [6, 6.07) is 5.58. The maximum absolute atomic E-state index is 13.7. The molecule has 1 amide bonds. The number of fused-ring (bicyclic) bond motifs is 1. The minimum Gasteiger partial charge on any atom is -0.724 e. The van der Waals surface area contributed by atoms with Crippen LogP contribution in [0, 0.1) is 11.8 Å². The normalized spacial score (nSPS) is 20.3. The number of ether oxygens (including phenoxy) is 1. The van der Waals surface area contributed by atoms with Gasteiger partial charge in [-0.3, -0.25) is 9.59 Å². The molecule has 2 fully saturated rings. The van der Waals surface area contributed by atoms with Crippen molar-refractivity contribution in [3.05, 3.63) is 53.1 Å². The van der Waals surface area contributed by atoms with E-state index in [1.807, 2.05) is 12.1 Å². The zero-order valence-corrected chi connectivity index (χ0v) is 33.9. The number of nitrogens with zero attached hydrogens (tertiary/aromatic N) is 5. The first kappa shape index (κ1) is 44.9. The lowest BCUT2D eigenvalue weighted by Gasteiger charge is -2.51. The Morgan fingerprint density at radius 3 is 2.59 bits per heavy atom. The van der Waals surface area contributed by atoms with Crippen LogP contribution in [0.5, 0.6) is 5.75 Å². The van der Waals surface area contributed by atoms with Gasteiger partial charge in [0.25, 0.3) is 17.3 Å². The number of nitrogens with two attached hydrogens (primary N) is 2. The van der Waals surface area contributed by atoms with Gasteiger partial charge in [-0.15, -0.1) is 11.3 Å². The van der Waals surface area contributed by atoms with Crippen molar-refractivity contribution in [2.45, 2.75) is 82.8 Å². The van der Waals surface area contributed by atoms with E-state index in [4.69, 9.17) is 35.9 Å². The number of nitrogen functional groups attached to an aromatic ring is 1. The molecule has 7 N–H and O–H groups in total. The molecule has 3 aliphatic rings. The Labute approximate surface area is 342 Å². The van der Waals surface area contributed by atoms with Crippen LogP contribution in [0.1, 0.15) is 57.1 Å². The number of carbonyl (C=O) groups is 4. The summed E-state index contributed by atoms with van der Waals surface area (Å²) in [6.07, 6.45) is 3.34. The maximum Gasteiger partial charge on any atom is 0.354 e. The fraction of sp³-hybridized carbons (Fsp3) is 0.500. The molecule has 0 spiro atoms. The number of benzene rings is 1. The van der Waals surface area contributed by atoms with Crippen molar-refractivity contribution in [3.63, 3.8) is 0 Å². The number of β-lactam (4-membered cyclic amide) rings is 1. The minimum atomic E-state index is -5.26. The van der Waals surface area contributed by atoms with E-state index in [0.717, 1.165) is 53.5 Å². The molecule has 320 valence electrons. The quantitative estimate of drug-likeness (QED) is 0.0195. The lowest BCUT2D eigenvalue weighted by atomic mass is 9.74. The molecule has 3 aromatic rings. The van der Waals surface area contributed by atoms with Crippen molar-refractivity contribution in [2.24, 2.45) is 22.7 Å².